The normalized spacial score (nSPS) is 26.2. The van der Waals surface area contributed by atoms with Gasteiger partial charge in [0.15, 0.2) is 0 Å². The van der Waals surface area contributed by atoms with Gasteiger partial charge in [0, 0.05) is 0 Å². The van der Waals surface area contributed by atoms with Crippen molar-refractivity contribution in [1.29, 1.82) is 0 Å². The van der Waals surface area contributed by atoms with Gasteiger partial charge in [0.1, 0.15) is 0 Å². The summed E-state index contributed by atoms with van der Waals surface area (Å²) in [7, 11) is 0. The van der Waals surface area contributed by atoms with Gasteiger partial charge in [-0.05, 0) is 23.6 Å². The van der Waals surface area contributed by atoms with E-state index in [-0.39, 0.29) is 51.4 Å². The Hall–Kier alpha value is 0.736. The molecule has 2 N–H and O–H groups in total. The predicted octanol–water partition coefficient (Wildman–Crippen LogP) is -1.94. The Morgan fingerprint density at radius 2 is 1.42 bits per heavy atom. The molecular weight excluding hydrogens is 181 g/mol. The van der Waals surface area contributed by atoms with Crippen LogP contribution in [-0.2, 0) is 0 Å². The van der Waals surface area contributed by atoms with E-state index in [9.17, 15) is 10.2 Å². The van der Waals surface area contributed by atoms with E-state index >= 15 is 0 Å². The standard InChI is InChI=1S/C8H8NO2.K/c10-7-5-3-1-2-4-6(5)8(11)9-7;/h1-4,7-8,10-11H;/q-1;+1. The molecule has 58 valence electrons. The number of hydrogen-bond donors (Lipinski definition) is 2. The maximum atomic E-state index is 9.23. The molecule has 0 fully saturated rings. The summed E-state index contributed by atoms with van der Waals surface area (Å²) in [5.41, 5.74) is 1.42. The van der Waals surface area contributed by atoms with E-state index in [1.807, 2.05) is 12.1 Å². The second-order valence-corrected chi connectivity index (χ2v) is 2.53. The zero-order valence-corrected chi connectivity index (χ0v) is 9.93. The third kappa shape index (κ3) is 1.81. The molecule has 1 aromatic carbocycles. The van der Waals surface area contributed by atoms with Gasteiger partial charge in [0.05, 0.1) is 0 Å². The average molecular weight is 189 g/mol. The third-order valence-corrected chi connectivity index (χ3v) is 1.83. The largest absolute Gasteiger partial charge is 1.00 e. The van der Waals surface area contributed by atoms with Crippen LogP contribution in [0.3, 0.4) is 0 Å². The van der Waals surface area contributed by atoms with E-state index in [1.165, 1.54) is 0 Å². The fraction of sp³-hybridized carbons (Fsp3) is 0.250. The number of aliphatic hydroxyl groups excluding tert-OH is 2. The summed E-state index contributed by atoms with van der Waals surface area (Å²) in [5.74, 6) is 0. The van der Waals surface area contributed by atoms with Gasteiger partial charge in [-0.15, -0.1) is 0 Å². The molecule has 0 aliphatic carbocycles. The SMILES string of the molecule is OC1[N-]C(O)c2ccccc21.[K+]. The van der Waals surface area contributed by atoms with E-state index < -0.39 is 12.5 Å². The molecule has 3 nitrogen and oxygen atoms in total. The zero-order chi connectivity index (χ0) is 7.84. The van der Waals surface area contributed by atoms with E-state index in [2.05, 4.69) is 5.32 Å². The Morgan fingerprint density at radius 3 is 1.83 bits per heavy atom. The maximum Gasteiger partial charge on any atom is 1.00 e. The van der Waals surface area contributed by atoms with Crippen molar-refractivity contribution in [2.45, 2.75) is 12.5 Å². The van der Waals surface area contributed by atoms with Gasteiger partial charge in [-0.2, -0.15) is 0 Å². The Balaban J connectivity index is 0.000000720. The summed E-state index contributed by atoms with van der Waals surface area (Å²) in [5, 5.41) is 22.1. The van der Waals surface area contributed by atoms with Crippen molar-refractivity contribution in [1.82, 2.24) is 0 Å². The first-order valence-corrected chi connectivity index (χ1v) is 3.44. The van der Waals surface area contributed by atoms with Crippen molar-refractivity contribution >= 4 is 0 Å². The molecule has 0 saturated carbocycles. The smallest absolute Gasteiger partial charge is 0.603 e. The van der Waals surface area contributed by atoms with Crippen LogP contribution < -0.4 is 51.4 Å². The van der Waals surface area contributed by atoms with Gasteiger partial charge < -0.3 is 15.5 Å². The van der Waals surface area contributed by atoms with Crippen molar-refractivity contribution in [3.63, 3.8) is 0 Å². The second-order valence-electron chi connectivity index (χ2n) is 2.53. The van der Waals surface area contributed by atoms with Gasteiger partial charge in [0.25, 0.3) is 0 Å². The molecule has 2 unspecified atom stereocenters. The van der Waals surface area contributed by atoms with Gasteiger partial charge in [-0.25, -0.2) is 0 Å². The Kier molecular flexibility index (Phi) is 3.88. The molecule has 12 heavy (non-hydrogen) atoms. The summed E-state index contributed by atoms with van der Waals surface area (Å²) in [6.07, 6.45) is -1.69. The quantitative estimate of drug-likeness (QED) is 0.467. The molecule has 0 saturated heterocycles. The Bertz CT molecular complexity index is 253. The monoisotopic (exact) mass is 189 g/mol. The number of aliphatic hydroxyl groups is 2. The van der Waals surface area contributed by atoms with Crippen LogP contribution in [0.1, 0.15) is 23.6 Å². The van der Waals surface area contributed by atoms with Crippen LogP contribution in [-0.4, -0.2) is 10.2 Å². The number of rotatable bonds is 0. The molecular formula is C8H8KNO2. The minimum Gasteiger partial charge on any atom is -0.603 e. The summed E-state index contributed by atoms with van der Waals surface area (Å²) in [6.45, 7) is 0. The maximum absolute atomic E-state index is 9.23. The third-order valence-electron chi connectivity index (χ3n) is 1.83. The second kappa shape index (κ2) is 4.30. The summed E-state index contributed by atoms with van der Waals surface area (Å²) < 4.78 is 0. The molecule has 1 aromatic rings. The molecule has 1 aliphatic rings. The van der Waals surface area contributed by atoms with Crippen molar-refractivity contribution in [3.05, 3.63) is 40.7 Å². The van der Waals surface area contributed by atoms with Gasteiger partial charge in [-0.1, -0.05) is 24.3 Å². The minimum atomic E-state index is -0.846. The number of nitrogens with zero attached hydrogens (tertiary/aromatic N) is 1. The van der Waals surface area contributed by atoms with Crippen LogP contribution in [0.5, 0.6) is 0 Å². The van der Waals surface area contributed by atoms with E-state index in [1.54, 1.807) is 12.1 Å². The van der Waals surface area contributed by atoms with Gasteiger partial charge in [-0.3, -0.25) is 0 Å². The number of benzene rings is 1. The zero-order valence-electron chi connectivity index (χ0n) is 6.81. The van der Waals surface area contributed by atoms with E-state index in [0.717, 1.165) is 0 Å². The number of fused-ring (bicyclic) bond motifs is 1. The Labute approximate surface area is 113 Å². The van der Waals surface area contributed by atoms with Crippen LogP contribution in [0, 0.1) is 0 Å². The fourth-order valence-corrected chi connectivity index (χ4v) is 1.28. The predicted molar refractivity (Wildman–Crippen MR) is 39.7 cm³/mol. The molecule has 4 heteroatoms. The van der Waals surface area contributed by atoms with Gasteiger partial charge in [0.2, 0.25) is 0 Å². The summed E-state index contributed by atoms with van der Waals surface area (Å²) in [6, 6.07) is 7.16. The molecule has 0 aromatic heterocycles. The average Bonchev–Trinajstić information content (AvgIpc) is 2.30. The van der Waals surface area contributed by atoms with Crippen LogP contribution in [0.25, 0.3) is 5.32 Å². The molecule has 1 heterocycles. The van der Waals surface area contributed by atoms with Crippen molar-refractivity contribution in [2.24, 2.45) is 0 Å². The molecule has 1 aliphatic heterocycles. The molecule has 0 radical (unpaired) electrons. The van der Waals surface area contributed by atoms with E-state index in [0.29, 0.717) is 11.1 Å². The summed E-state index contributed by atoms with van der Waals surface area (Å²) in [4.78, 5) is 0. The molecule has 2 rings (SSSR count). The molecule has 0 bridgehead atoms. The minimum absolute atomic E-state index is 0. The van der Waals surface area contributed by atoms with Crippen LogP contribution in [0.15, 0.2) is 24.3 Å². The van der Waals surface area contributed by atoms with Crippen molar-refractivity contribution in [3.8, 4) is 0 Å². The molecule has 0 spiro atoms. The van der Waals surface area contributed by atoms with E-state index in [4.69, 9.17) is 0 Å². The fourth-order valence-electron chi connectivity index (χ4n) is 1.28. The first kappa shape index (κ1) is 10.8. The number of hydrogen-bond acceptors (Lipinski definition) is 2. The first-order valence-electron chi connectivity index (χ1n) is 3.44. The summed E-state index contributed by atoms with van der Waals surface area (Å²) >= 11 is 0. The topological polar surface area (TPSA) is 54.6 Å². The Morgan fingerprint density at radius 1 is 1.00 bits per heavy atom. The van der Waals surface area contributed by atoms with Gasteiger partial charge >= 0.3 is 51.4 Å². The molecule has 2 atom stereocenters. The van der Waals surface area contributed by atoms with Crippen molar-refractivity contribution in [2.75, 3.05) is 0 Å². The first-order chi connectivity index (χ1) is 5.29. The van der Waals surface area contributed by atoms with Crippen LogP contribution in [0.2, 0.25) is 0 Å². The van der Waals surface area contributed by atoms with Crippen molar-refractivity contribution < 1.29 is 61.6 Å². The van der Waals surface area contributed by atoms with Crippen LogP contribution in [0.4, 0.5) is 0 Å². The molecule has 0 amide bonds. The van der Waals surface area contributed by atoms with Crippen LogP contribution >= 0.6 is 0 Å².